The SMILES string of the molecule is COc1ccc(CNC(=O)c2cn(C)c(C)cc2=O)cc1F. The molecule has 2 aromatic rings. The predicted octanol–water partition coefficient (Wildman–Crippen LogP) is 1.77. The van der Waals surface area contributed by atoms with Crippen LogP contribution in [0.4, 0.5) is 4.39 Å². The van der Waals surface area contributed by atoms with E-state index in [-0.39, 0.29) is 23.3 Å². The molecule has 0 saturated heterocycles. The number of methoxy groups -OCH3 is 1. The number of carbonyl (C=O) groups is 1. The van der Waals surface area contributed by atoms with Gasteiger partial charge in [-0.25, -0.2) is 4.39 Å². The Labute approximate surface area is 127 Å². The van der Waals surface area contributed by atoms with Gasteiger partial charge >= 0.3 is 0 Å². The average molecular weight is 304 g/mol. The topological polar surface area (TPSA) is 60.3 Å². The van der Waals surface area contributed by atoms with Crippen molar-refractivity contribution in [2.24, 2.45) is 7.05 Å². The van der Waals surface area contributed by atoms with Gasteiger partial charge in [-0.15, -0.1) is 0 Å². The van der Waals surface area contributed by atoms with Crippen LogP contribution in [-0.2, 0) is 13.6 Å². The largest absolute Gasteiger partial charge is 0.494 e. The molecule has 1 aromatic carbocycles. The zero-order valence-corrected chi connectivity index (χ0v) is 12.6. The normalized spacial score (nSPS) is 10.4. The van der Waals surface area contributed by atoms with E-state index in [1.54, 1.807) is 24.6 Å². The highest BCUT2D eigenvalue weighted by Crippen LogP contribution is 2.17. The van der Waals surface area contributed by atoms with Gasteiger partial charge in [0.1, 0.15) is 5.56 Å². The molecule has 0 saturated carbocycles. The van der Waals surface area contributed by atoms with Crippen LogP contribution in [0.2, 0.25) is 0 Å². The van der Waals surface area contributed by atoms with Crippen molar-refractivity contribution in [1.29, 1.82) is 0 Å². The van der Waals surface area contributed by atoms with Crippen LogP contribution in [0.25, 0.3) is 0 Å². The summed E-state index contributed by atoms with van der Waals surface area (Å²) in [6, 6.07) is 5.82. The number of amides is 1. The minimum Gasteiger partial charge on any atom is -0.494 e. The summed E-state index contributed by atoms with van der Waals surface area (Å²) in [5.74, 6) is -0.847. The Morgan fingerprint density at radius 1 is 1.36 bits per heavy atom. The number of benzene rings is 1. The number of hydrogen-bond donors (Lipinski definition) is 1. The second-order valence-electron chi connectivity index (χ2n) is 4.96. The first-order valence-electron chi connectivity index (χ1n) is 6.70. The minimum absolute atomic E-state index is 0.0575. The fourth-order valence-electron chi connectivity index (χ4n) is 2.00. The molecule has 22 heavy (non-hydrogen) atoms. The number of aromatic nitrogens is 1. The molecule has 0 atom stereocenters. The smallest absolute Gasteiger partial charge is 0.257 e. The Morgan fingerprint density at radius 2 is 2.09 bits per heavy atom. The molecule has 0 aliphatic rings. The molecule has 0 radical (unpaired) electrons. The zero-order valence-electron chi connectivity index (χ0n) is 12.6. The number of hydrogen-bond acceptors (Lipinski definition) is 3. The highest BCUT2D eigenvalue weighted by molar-refractivity contribution is 5.93. The Kier molecular flexibility index (Phi) is 4.60. The molecular weight excluding hydrogens is 287 g/mol. The van der Waals surface area contributed by atoms with Crippen LogP contribution >= 0.6 is 0 Å². The van der Waals surface area contributed by atoms with E-state index in [0.29, 0.717) is 5.56 Å². The van der Waals surface area contributed by atoms with Crippen molar-refractivity contribution in [1.82, 2.24) is 9.88 Å². The second-order valence-corrected chi connectivity index (χ2v) is 4.96. The number of nitrogens with one attached hydrogen (secondary N) is 1. The molecule has 1 heterocycles. The molecule has 5 nitrogen and oxygen atoms in total. The summed E-state index contributed by atoms with van der Waals surface area (Å²) < 4.78 is 20.1. The Morgan fingerprint density at radius 3 is 2.73 bits per heavy atom. The van der Waals surface area contributed by atoms with E-state index in [1.807, 2.05) is 0 Å². The first-order chi connectivity index (χ1) is 10.4. The molecule has 1 aromatic heterocycles. The molecule has 0 unspecified atom stereocenters. The van der Waals surface area contributed by atoms with E-state index in [0.717, 1.165) is 5.69 Å². The summed E-state index contributed by atoms with van der Waals surface area (Å²) in [4.78, 5) is 23.9. The van der Waals surface area contributed by atoms with Crippen LogP contribution in [0.1, 0.15) is 21.6 Å². The summed E-state index contributed by atoms with van der Waals surface area (Å²) >= 11 is 0. The van der Waals surface area contributed by atoms with Crippen LogP contribution in [0, 0.1) is 12.7 Å². The quantitative estimate of drug-likeness (QED) is 0.936. The number of nitrogens with zero attached hydrogens (tertiary/aromatic N) is 1. The molecule has 1 amide bonds. The fourth-order valence-corrected chi connectivity index (χ4v) is 2.00. The van der Waals surface area contributed by atoms with Crippen molar-refractivity contribution in [2.75, 3.05) is 7.11 Å². The molecule has 0 fully saturated rings. The predicted molar refractivity (Wildman–Crippen MR) is 80.5 cm³/mol. The van der Waals surface area contributed by atoms with E-state index in [1.165, 1.54) is 31.5 Å². The Balaban J connectivity index is 2.12. The molecule has 116 valence electrons. The molecule has 0 bridgehead atoms. The van der Waals surface area contributed by atoms with E-state index in [9.17, 15) is 14.0 Å². The molecule has 0 aliphatic heterocycles. The standard InChI is InChI=1S/C16H17FN2O3/c1-10-6-14(20)12(9-19(10)2)16(21)18-8-11-4-5-15(22-3)13(17)7-11/h4-7,9H,8H2,1-3H3,(H,18,21). The molecular formula is C16H17FN2O3. The van der Waals surface area contributed by atoms with Gasteiger partial charge in [-0.3, -0.25) is 9.59 Å². The van der Waals surface area contributed by atoms with Crippen molar-refractivity contribution in [3.63, 3.8) is 0 Å². The monoisotopic (exact) mass is 304 g/mol. The van der Waals surface area contributed by atoms with Crippen LogP contribution in [-0.4, -0.2) is 17.6 Å². The lowest BCUT2D eigenvalue weighted by molar-refractivity contribution is 0.0949. The third kappa shape index (κ3) is 3.33. The maximum absolute atomic E-state index is 13.6. The summed E-state index contributed by atoms with van der Waals surface area (Å²) in [6.07, 6.45) is 1.49. The number of carbonyl (C=O) groups excluding carboxylic acids is 1. The van der Waals surface area contributed by atoms with Crippen molar-refractivity contribution in [3.05, 3.63) is 63.3 Å². The summed E-state index contributed by atoms with van der Waals surface area (Å²) in [5, 5.41) is 2.61. The van der Waals surface area contributed by atoms with Crippen molar-refractivity contribution >= 4 is 5.91 Å². The molecule has 0 aliphatic carbocycles. The first kappa shape index (κ1) is 15.8. The summed E-state index contributed by atoms with van der Waals surface area (Å²) in [6.45, 7) is 1.90. The van der Waals surface area contributed by atoms with Gasteiger partial charge in [0.05, 0.1) is 7.11 Å². The van der Waals surface area contributed by atoms with Gasteiger partial charge in [0, 0.05) is 31.5 Å². The Hall–Kier alpha value is -2.63. The van der Waals surface area contributed by atoms with E-state index < -0.39 is 11.7 Å². The lowest BCUT2D eigenvalue weighted by atomic mass is 10.2. The second kappa shape index (κ2) is 6.43. The van der Waals surface area contributed by atoms with Gasteiger partial charge in [-0.2, -0.15) is 0 Å². The Bertz CT molecular complexity index is 768. The lowest BCUT2D eigenvalue weighted by Crippen LogP contribution is -2.29. The average Bonchev–Trinajstić information content (AvgIpc) is 2.48. The maximum atomic E-state index is 13.6. The molecule has 0 spiro atoms. The highest BCUT2D eigenvalue weighted by Gasteiger charge is 2.12. The minimum atomic E-state index is -0.500. The van der Waals surface area contributed by atoms with Crippen LogP contribution < -0.4 is 15.5 Å². The first-order valence-corrected chi connectivity index (χ1v) is 6.70. The van der Waals surface area contributed by atoms with E-state index in [4.69, 9.17) is 4.74 Å². The van der Waals surface area contributed by atoms with Gasteiger partial charge in [0.25, 0.3) is 5.91 Å². The fraction of sp³-hybridized carbons (Fsp3) is 0.250. The third-order valence-corrected chi connectivity index (χ3v) is 3.40. The van der Waals surface area contributed by atoms with Gasteiger partial charge in [-0.05, 0) is 24.6 Å². The van der Waals surface area contributed by atoms with Crippen LogP contribution in [0.15, 0.2) is 35.3 Å². The number of pyridine rings is 1. The lowest BCUT2D eigenvalue weighted by Gasteiger charge is -2.09. The van der Waals surface area contributed by atoms with Crippen molar-refractivity contribution in [3.8, 4) is 5.75 Å². The summed E-state index contributed by atoms with van der Waals surface area (Å²) in [5.41, 5.74) is 1.06. The van der Waals surface area contributed by atoms with Crippen molar-refractivity contribution in [2.45, 2.75) is 13.5 Å². The van der Waals surface area contributed by atoms with Gasteiger partial charge in [0.15, 0.2) is 17.0 Å². The zero-order chi connectivity index (χ0) is 16.3. The third-order valence-electron chi connectivity index (χ3n) is 3.40. The van der Waals surface area contributed by atoms with Gasteiger partial charge in [-0.1, -0.05) is 6.07 Å². The number of halogens is 1. The van der Waals surface area contributed by atoms with E-state index in [2.05, 4.69) is 5.32 Å². The van der Waals surface area contributed by atoms with Gasteiger partial charge in [0.2, 0.25) is 0 Å². The molecule has 6 heteroatoms. The number of ether oxygens (including phenoxy) is 1. The number of aryl methyl sites for hydroxylation is 2. The van der Waals surface area contributed by atoms with E-state index >= 15 is 0 Å². The maximum Gasteiger partial charge on any atom is 0.257 e. The summed E-state index contributed by atoms with van der Waals surface area (Å²) in [7, 11) is 3.14. The molecule has 2 rings (SSSR count). The van der Waals surface area contributed by atoms with Crippen LogP contribution in [0.5, 0.6) is 5.75 Å². The van der Waals surface area contributed by atoms with Crippen LogP contribution in [0.3, 0.4) is 0 Å². The van der Waals surface area contributed by atoms with Gasteiger partial charge < -0.3 is 14.6 Å². The molecule has 1 N–H and O–H groups in total. The van der Waals surface area contributed by atoms with Crippen molar-refractivity contribution < 1.29 is 13.9 Å². The highest BCUT2D eigenvalue weighted by atomic mass is 19.1. The number of rotatable bonds is 4.